The Morgan fingerprint density at radius 1 is 1.14 bits per heavy atom. The molecule has 2 amide bonds. The molecule has 1 N–H and O–H groups in total. The van der Waals surface area contributed by atoms with Crippen molar-refractivity contribution in [2.24, 2.45) is 5.92 Å². The van der Waals surface area contributed by atoms with Crippen molar-refractivity contribution in [1.82, 2.24) is 20.4 Å². The van der Waals surface area contributed by atoms with Crippen molar-refractivity contribution in [3.8, 4) is 28.6 Å². The van der Waals surface area contributed by atoms with Crippen molar-refractivity contribution < 1.29 is 23.5 Å². The molecule has 5 rings (SSSR count). The SMILES string of the molecule is CCOc1ccc(C2NC(=O)N(CCC(C)C)C(C)=C2c2nc(-c3ccc4c(c3)OCO4)no2)cc1. The first kappa shape index (κ1) is 23.7. The molecule has 0 fully saturated rings. The summed E-state index contributed by atoms with van der Waals surface area (Å²) < 4.78 is 22.3. The number of carbonyl (C=O) groups is 1. The van der Waals surface area contributed by atoms with Crippen molar-refractivity contribution in [2.45, 2.75) is 40.2 Å². The van der Waals surface area contributed by atoms with Gasteiger partial charge in [-0.05, 0) is 62.1 Å². The number of fused-ring (bicyclic) bond motifs is 1. The van der Waals surface area contributed by atoms with Crippen LogP contribution in [0.15, 0.2) is 52.7 Å². The zero-order chi connectivity index (χ0) is 25.2. The Hall–Kier alpha value is -4.01. The van der Waals surface area contributed by atoms with Gasteiger partial charge in [-0.15, -0.1) is 0 Å². The Morgan fingerprint density at radius 3 is 2.67 bits per heavy atom. The fourth-order valence-electron chi connectivity index (χ4n) is 4.37. The normalized spacial score (nSPS) is 17.1. The lowest BCUT2D eigenvalue weighted by molar-refractivity contribution is 0.174. The monoisotopic (exact) mass is 490 g/mol. The van der Waals surface area contributed by atoms with E-state index >= 15 is 0 Å². The largest absolute Gasteiger partial charge is 0.494 e. The lowest BCUT2D eigenvalue weighted by atomic mass is 9.94. The summed E-state index contributed by atoms with van der Waals surface area (Å²) in [5.74, 6) is 3.35. The standard InChI is InChI=1S/C27H30N4O5/c1-5-33-20-9-6-18(7-10-20)24-23(17(4)31(27(32)28-24)13-12-16(2)3)26-29-25(30-36-26)19-8-11-21-22(14-19)35-15-34-21/h6-11,14,16,24H,5,12-13,15H2,1-4H3,(H,28,32). The van der Waals surface area contributed by atoms with Gasteiger partial charge in [0.05, 0.1) is 18.2 Å². The fourth-order valence-corrected chi connectivity index (χ4v) is 4.37. The van der Waals surface area contributed by atoms with Crippen molar-refractivity contribution in [2.75, 3.05) is 19.9 Å². The number of ether oxygens (including phenoxy) is 3. The number of nitrogens with zero attached hydrogens (tertiary/aromatic N) is 3. The molecule has 188 valence electrons. The van der Waals surface area contributed by atoms with Crippen molar-refractivity contribution in [3.05, 3.63) is 59.6 Å². The zero-order valence-corrected chi connectivity index (χ0v) is 20.9. The number of benzene rings is 2. The molecule has 1 atom stereocenters. The summed E-state index contributed by atoms with van der Waals surface area (Å²) in [6.45, 7) is 9.52. The van der Waals surface area contributed by atoms with Gasteiger partial charge in [-0.3, -0.25) is 4.90 Å². The summed E-state index contributed by atoms with van der Waals surface area (Å²) in [6, 6.07) is 12.6. The van der Waals surface area contributed by atoms with E-state index in [1.807, 2.05) is 56.3 Å². The van der Waals surface area contributed by atoms with Crippen LogP contribution in [0.5, 0.6) is 17.2 Å². The van der Waals surface area contributed by atoms with Crippen molar-refractivity contribution in [3.63, 3.8) is 0 Å². The van der Waals surface area contributed by atoms with Gasteiger partial charge in [0, 0.05) is 17.8 Å². The maximum absolute atomic E-state index is 13.1. The Balaban J connectivity index is 1.53. The van der Waals surface area contributed by atoms with Crippen LogP contribution in [0.25, 0.3) is 17.0 Å². The Labute approximate surface area is 210 Å². The van der Waals surface area contributed by atoms with E-state index < -0.39 is 6.04 Å². The van der Waals surface area contributed by atoms with Crippen LogP contribution >= 0.6 is 0 Å². The molecule has 9 heteroatoms. The number of nitrogens with one attached hydrogen (secondary N) is 1. The molecule has 0 bridgehead atoms. The zero-order valence-electron chi connectivity index (χ0n) is 20.9. The second-order valence-electron chi connectivity index (χ2n) is 9.21. The van der Waals surface area contributed by atoms with E-state index in [4.69, 9.17) is 23.7 Å². The first-order valence-electron chi connectivity index (χ1n) is 12.2. The van der Waals surface area contributed by atoms with Gasteiger partial charge >= 0.3 is 6.03 Å². The summed E-state index contributed by atoms with van der Waals surface area (Å²) in [5, 5.41) is 7.38. The molecule has 36 heavy (non-hydrogen) atoms. The van der Waals surface area contributed by atoms with Crippen LogP contribution in [-0.2, 0) is 0 Å². The molecule has 2 aromatic carbocycles. The van der Waals surface area contributed by atoms with Crippen LogP contribution in [0.4, 0.5) is 4.79 Å². The minimum absolute atomic E-state index is 0.147. The molecule has 0 radical (unpaired) electrons. The van der Waals surface area contributed by atoms with Gasteiger partial charge in [0.15, 0.2) is 11.5 Å². The van der Waals surface area contributed by atoms with E-state index in [1.165, 1.54) is 0 Å². The van der Waals surface area contributed by atoms with Crippen molar-refractivity contribution >= 4 is 11.6 Å². The number of hydrogen-bond donors (Lipinski definition) is 1. The van der Waals surface area contributed by atoms with E-state index in [2.05, 4.69) is 24.3 Å². The molecule has 3 aromatic rings. The third-order valence-corrected chi connectivity index (χ3v) is 6.34. The number of carbonyl (C=O) groups excluding carboxylic acids is 1. The number of amides is 2. The van der Waals surface area contributed by atoms with Crippen molar-refractivity contribution in [1.29, 1.82) is 0 Å². The minimum Gasteiger partial charge on any atom is -0.494 e. The van der Waals surface area contributed by atoms with E-state index in [9.17, 15) is 4.79 Å². The Bertz CT molecular complexity index is 1280. The first-order chi connectivity index (χ1) is 17.4. The summed E-state index contributed by atoms with van der Waals surface area (Å²) in [7, 11) is 0. The van der Waals surface area contributed by atoms with E-state index in [0.717, 1.165) is 34.6 Å². The van der Waals surface area contributed by atoms with Crippen LogP contribution in [0.3, 0.4) is 0 Å². The van der Waals surface area contributed by atoms with Crippen LogP contribution in [0.1, 0.15) is 51.6 Å². The molecule has 0 spiro atoms. The highest BCUT2D eigenvalue weighted by Gasteiger charge is 2.35. The molecular weight excluding hydrogens is 460 g/mol. The molecule has 1 unspecified atom stereocenters. The van der Waals surface area contributed by atoms with E-state index in [-0.39, 0.29) is 12.8 Å². The number of rotatable bonds is 8. The summed E-state index contributed by atoms with van der Waals surface area (Å²) in [6.07, 6.45) is 0.873. The predicted molar refractivity (Wildman–Crippen MR) is 133 cm³/mol. The number of aromatic nitrogens is 2. The lowest BCUT2D eigenvalue weighted by Crippen LogP contribution is -2.46. The highest BCUT2D eigenvalue weighted by molar-refractivity contribution is 5.87. The lowest BCUT2D eigenvalue weighted by Gasteiger charge is -2.35. The molecule has 9 nitrogen and oxygen atoms in total. The molecular formula is C27H30N4O5. The number of hydrogen-bond acceptors (Lipinski definition) is 7. The minimum atomic E-state index is -0.450. The van der Waals surface area contributed by atoms with Gasteiger partial charge in [0.25, 0.3) is 5.89 Å². The van der Waals surface area contributed by atoms with Crippen LogP contribution < -0.4 is 19.5 Å². The van der Waals surface area contributed by atoms with Crippen LogP contribution in [0.2, 0.25) is 0 Å². The molecule has 2 aliphatic heterocycles. The summed E-state index contributed by atoms with van der Waals surface area (Å²) in [4.78, 5) is 19.6. The highest BCUT2D eigenvalue weighted by atomic mass is 16.7. The predicted octanol–water partition coefficient (Wildman–Crippen LogP) is 5.41. The number of urea groups is 1. The van der Waals surface area contributed by atoms with Crippen LogP contribution in [0, 0.1) is 5.92 Å². The maximum Gasteiger partial charge on any atom is 0.322 e. The molecule has 0 aliphatic carbocycles. The van der Waals surface area contributed by atoms with Crippen LogP contribution in [-0.4, -0.2) is 41.0 Å². The quantitative estimate of drug-likeness (QED) is 0.451. The smallest absolute Gasteiger partial charge is 0.322 e. The molecule has 3 heterocycles. The fraction of sp³-hybridized carbons (Fsp3) is 0.370. The summed E-state index contributed by atoms with van der Waals surface area (Å²) in [5.41, 5.74) is 3.20. The average molecular weight is 491 g/mol. The van der Waals surface area contributed by atoms with E-state index in [1.54, 1.807) is 4.90 Å². The van der Waals surface area contributed by atoms with E-state index in [0.29, 0.717) is 42.3 Å². The van der Waals surface area contributed by atoms with Gasteiger partial charge in [0.2, 0.25) is 12.6 Å². The molecule has 0 saturated carbocycles. The third-order valence-electron chi connectivity index (χ3n) is 6.34. The Kier molecular flexibility index (Phi) is 6.54. The Morgan fingerprint density at radius 2 is 1.92 bits per heavy atom. The highest BCUT2D eigenvalue weighted by Crippen LogP contribution is 2.39. The van der Waals surface area contributed by atoms with Gasteiger partial charge in [0.1, 0.15) is 5.75 Å². The third kappa shape index (κ3) is 4.60. The second kappa shape index (κ2) is 9.93. The number of allylic oxidation sites excluding steroid dienone is 1. The second-order valence-corrected chi connectivity index (χ2v) is 9.21. The maximum atomic E-state index is 13.1. The van der Waals surface area contributed by atoms with Gasteiger partial charge < -0.3 is 24.1 Å². The summed E-state index contributed by atoms with van der Waals surface area (Å²) >= 11 is 0. The molecule has 2 aliphatic rings. The first-order valence-corrected chi connectivity index (χ1v) is 12.2. The van der Waals surface area contributed by atoms with Gasteiger partial charge in [-0.1, -0.05) is 31.1 Å². The average Bonchev–Trinajstić information content (AvgIpc) is 3.53. The molecule has 1 aromatic heterocycles. The van der Waals surface area contributed by atoms with Gasteiger partial charge in [-0.25, -0.2) is 4.79 Å². The topological polar surface area (TPSA) is 99.0 Å². The molecule has 0 saturated heterocycles. The van der Waals surface area contributed by atoms with Gasteiger partial charge in [-0.2, -0.15) is 4.98 Å².